The second-order valence-corrected chi connectivity index (χ2v) is 8.16. The van der Waals surface area contributed by atoms with E-state index in [1.807, 2.05) is 13.8 Å². The summed E-state index contributed by atoms with van der Waals surface area (Å²) >= 11 is 1.15. The lowest BCUT2D eigenvalue weighted by Crippen LogP contribution is -2.37. The number of rotatable bonds is 7. The third-order valence-corrected chi connectivity index (χ3v) is 5.47. The van der Waals surface area contributed by atoms with Gasteiger partial charge >= 0.3 is 5.69 Å². The van der Waals surface area contributed by atoms with Crippen molar-refractivity contribution in [1.29, 1.82) is 0 Å². The van der Waals surface area contributed by atoms with Crippen LogP contribution in [0.25, 0.3) is 0 Å². The number of nitrogens with two attached hydrogens (primary N) is 1. The number of carbonyl (C=O) groups is 1. The highest BCUT2D eigenvalue weighted by molar-refractivity contribution is 7.99. The van der Waals surface area contributed by atoms with Crippen molar-refractivity contribution in [3.63, 3.8) is 0 Å². The van der Waals surface area contributed by atoms with Crippen LogP contribution in [0.15, 0.2) is 14.7 Å². The molecule has 3 rings (SSSR count). The first-order valence-corrected chi connectivity index (χ1v) is 10.1. The van der Waals surface area contributed by atoms with Gasteiger partial charge in [0.05, 0.1) is 5.75 Å². The van der Waals surface area contributed by atoms with Gasteiger partial charge in [0.1, 0.15) is 17.2 Å². The lowest BCUT2D eigenvalue weighted by molar-refractivity contribution is 0.102. The summed E-state index contributed by atoms with van der Waals surface area (Å²) in [4.78, 5) is 43.3. The van der Waals surface area contributed by atoms with E-state index in [1.165, 1.54) is 17.4 Å². The second kappa shape index (κ2) is 8.12. The van der Waals surface area contributed by atoms with E-state index in [2.05, 4.69) is 20.2 Å². The Morgan fingerprint density at radius 3 is 2.70 bits per heavy atom. The molecule has 9 nitrogen and oxygen atoms in total. The van der Waals surface area contributed by atoms with Gasteiger partial charge in [0, 0.05) is 12.5 Å². The standard InChI is InChI=1S/C17H24N6O3S/c1-9(2)7-23-13(18)12(15(25)20-17(23)26)11(24)8-27-16-19-14(21-22-16)10-5-3-4-6-10/h9-10H,3-8,18H2,1-2H3,(H,19,21,22)(H,20,25,26). The Balaban J connectivity index is 1.74. The van der Waals surface area contributed by atoms with Crippen LogP contribution in [0.1, 0.15) is 61.6 Å². The zero-order valence-corrected chi connectivity index (χ0v) is 16.3. The van der Waals surface area contributed by atoms with Crippen LogP contribution in [0.4, 0.5) is 5.82 Å². The molecule has 1 fully saturated rings. The summed E-state index contributed by atoms with van der Waals surface area (Å²) in [7, 11) is 0. The van der Waals surface area contributed by atoms with Crippen molar-refractivity contribution in [2.24, 2.45) is 5.92 Å². The van der Waals surface area contributed by atoms with Gasteiger partial charge in [-0.1, -0.05) is 38.5 Å². The maximum atomic E-state index is 12.6. The monoisotopic (exact) mass is 392 g/mol. The highest BCUT2D eigenvalue weighted by Crippen LogP contribution is 2.32. The molecule has 1 saturated carbocycles. The fourth-order valence-corrected chi connectivity index (χ4v) is 3.99. The van der Waals surface area contributed by atoms with Crippen molar-refractivity contribution in [3.8, 4) is 0 Å². The number of carbonyl (C=O) groups excluding carboxylic acids is 1. The number of anilines is 1. The first-order chi connectivity index (χ1) is 12.9. The van der Waals surface area contributed by atoms with Gasteiger partial charge in [0.25, 0.3) is 5.56 Å². The number of nitrogen functional groups attached to an aromatic ring is 1. The summed E-state index contributed by atoms with van der Waals surface area (Å²) in [6, 6.07) is 0. The van der Waals surface area contributed by atoms with Crippen molar-refractivity contribution in [2.45, 2.75) is 57.1 Å². The molecule has 1 aliphatic carbocycles. The number of nitrogens with zero attached hydrogens (tertiary/aromatic N) is 3. The molecule has 2 aromatic heterocycles. The van der Waals surface area contributed by atoms with Crippen LogP contribution in [-0.4, -0.2) is 36.3 Å². The summed E-state index contributed by atoms with van der Waals surface area (Å²) < 4.78 is 1.23. The number of aromatic nitrogens is 5. The van der Waals surface area contributed by atoms with Crippen LogP contribution in [-0.2, 0) is 6.54 Å². The van der Waals surface area contributed by atoms with Gasteiger partial charge < -0.3 is 5.73 Å². The molecule has 0 atom stereocenters. The zero-order chi connectivity index (χ0) is 19.6. The molecule has 0 radical (unpaired) electrons. The highest BCUT2D eigenvalue weighted by Gasteiger charge is 2.23. The third-order valence-electron chi connectivity index (χ3n) is 4.62. The smallest absolute Gasteiger partial charge is 0.329 e. The topological polar surface area (TPSA) is 140 Å². The molecule has 2 aromatic rings. The van der Waals surface area contributed by atoms with Gasteiger partial charge in [-0.05, 0) is 18.8 Å². The molecule has 0 spiro atoms. The van der Waals surface area contributed by atoms with Crippen molar-refractivity contribution in [1.82, 2.24) is 24.7 Å². The zero-order valence-electron chi connectivity index (χ0n) is 15.4. The lowest BCUT2D eigenvalue weighted by atomic mass is 10.1. The molecule has 4 N–H and O–H groups in total. The minimum Gasteiger partial charge on any atom is -0.384 e. The van der Waals surface area contributed by atoms with Crippen LogP contribution in [0.2, 0.25) is 0 Å². The lowest BCUT2D eigenvalue weighted by Gasteiger charge is -2.13. The SMILES string of the molecule is CC(C)Cn1c(N)c(C(=O)CSc2n[nH]c(C3CCCC3)n2)c(=O)[nH]c1=O. The van der Waals surface area contributed by atoms with E-state index in [-0.39, 0.29) is 23.1 Å². The molecule has 0 saturated heterocycles. The number of hydrogen-bond donors (Lipinski definition) is 3. The molecule has 1 aliphatic rings. The quantitative estimate of drug-likeness (QED) is 0.479. The first-order valence-electron chi connectivity index (χ1n) is 9.07. The summed E-state index contributed by atoms with van der Waals surface area (Å²) in [6.07, 6.45) is 4.59. The average Bonchev–Trinajstić information content (AvgIpc) is 3.27. The van der Waals surface area contributed by atoms with E-state index < -0.39 is 17.0 Å². The van der Waals surface area contributed by atoms with E-state index in [0.717, 1.165) is 30.4 Å². The van der Waals surface area contributed by atoms with E-state index in [9.17, 15) is 14.4 Å². The van der Waals surface area contributed by atoms with Crippen molar-refractivity contribution < 1.29 is 4.79 Å². The highest BCUT2D eigenvalue weighted by atomic mass is 32.2. The fraction of sp³-hybridized carbons (Fsp3) is 0.588. The molecule has 0 bridgehead atoms. The molecule has 10 heteroatoms. The number of nitrogens with one attached hydrogen (secondary N) is 2. The maximum absolute atomic E-state index is 12.6. The molecule has 0 amide bonds. The van der Waals surface area contributed by atoms with Crippen LogP contribution in [0.3, 0.4) is 0 Å². The molecular weight excluding hydrogens is 368 g/mol. The van der Waals surface area contributed by atoms with E-state index in [4.69, 9.17) is 5.73 Å². The van der Waals surface area contributed by atoms with Gasteiger partial charge in [-0.2, -0.15) is 0 Å². The molecule has 0 aromatic carbocycles. The van der Waals surface area contributed by atoms with Gasteiger partial charge in [0.2, 0.25) is 5.16 Å². The van der Waals surface area contributed by atoms with Crippen LogP contribution < -0.4 is 17.0 Å². The van der Waals surface area contributed by atoms with E-state index in [0.29, 0.717) is 17.6 Å². The molecular formula is C17H24N6O3S. The predicted molar refractivity (Wildman–Crippen MR) is 103 cm³/mol. The number of aromatic amines is 2. The van der Waals surface area contributed by atoms with Gasteiger partial charge in [-0.25, -0.2) is 9.78 Å². The number of Topliss-reactive ketones (excluding diaryl/α,β-unsaturated/α-hetero) is 1. The van der Waals surface area contributed by atoms with Gasteiger partial charge in [0.15, 0.2) is 5.78 Å². The second-order valence-electron chi connectivity index (χ2n) is 7.22. The average molecular weight is 392 g/mol. The Kier molecular flexibility index (Phi) is 5.83. The molecule has 27 heavy (non-hydrogen) atoms. The van der Waals surface area contributed by atoms with Crippen LogP contribution in [0.5, 0.6) is 0 Å². The van der Waals surface area contributed by atoms with E-state index in [1.54, 1.807) is 0 Å². The Morgan fingerprint density at radius 2 is 2.04 bits per heavy atom. The molecule has 0 unspecified atom stereocenters. The first kappa shape index (κ1) is 19.4. The number of ketones is 1. The number of H-pyrrole nitrogens is 2. The maximum Gasteiger partial charge on any atom is 0.329 e. The molecule has 146 valence electrons. The predicted octanol–water partition coefficient (Wildman–Crippen LogP) is 1.53. The summed E-state index contributed by atoms with van der Waals surface area (Å²) in [6.45, 7) is 4.15. The summed E-state index contributed by atoms with van der Waals surface area (Å²) in [5.41, 5.74) is 4.41. The summed E-state index contributed by atoms with van der Waals surface area (Å²) in [5.74, 6) is 0.810. The Morgan fingerprint density at radius 1 is 1.33 bits per heavy atom. The van der Waals surface area contributed by atoms with Crippen LogP contribution >= 0.6 is 11.8 Å². The van der Waals surface area contributed by atoms with Crippen LogP contribution in [0, 0.1) is 5.92 Å². The van der Waals surface area contributed by atoms with Crippen molar-refractivity contribution >= 4 is 23.4 Å². The van der Waals surface area contributed by atoms with Crippen molar-refractivity contribution in [2.75, 3.05) is 11.5 Å². The Hall–Kier alpha value is -2.36. The summed E-state index contributed by atoms with van der Waals surface area (Å²) in [5, 5.41) is 7.55. The fourth-order valence-electron chi connectivity index (χ4n) is 3.31. The minimum atomic E-state index is -0.760. The van der Waals surface area contributed by atoms with Crippen molar-refractivity contribution in [3.05, 3.63) is 32.2 Å². The Bertz CT molecular complexity index is 939. The number of hydrogen-bond acceptors (Lipinski definition) is 7. The minimum absolute atomic E-state index is 0.0326. The van der Waals surface area contributed by atoms with Gasteiger partial charge in [-0.3, -0.25) is 24.2 Å². The molecule has 2 heterocycles. The largest absolute Gasteiger partial charge is 0.384 e. The number of thioether (sulfide) groups is 1. The Labute approximate surface area is 160 Å². The normalized spacial score (nSPS) is 14.9. The molecule has 0 aliphatic heterocycles. The van der Waals surface area contributed by atoms with E-state index >= 15 is 0 Å². The third kappa shape index (κ3) is 4.32. The van der Waals surface area contributed by atoms with Gasteiger partial charge in [-0.15, -0.1) is 5.10 Å².